The van der Waals surface area contributed by atoms with Crippen LogP contribution in [-0.4, -0.2) is 54.1 Å². The first-order valence-electron chi connectivity index (χ1n) is 8.14. The molecule has 0 aromatic heterocycles. The maximum absolute atomic E-state index is 12.5. The van der Waals surface area contributed by atoms with Crippen LogP contribution >= 0.6 is 15.9 Å². The van der Waals surface area contributed by atoms with Gasteiger partial charge in [-0.05, 0) is 57.4 Å². The second-order valence-electron chi connectivity index (χ2n) is 7.27. The van der Waals surface area contributed by atoms with E-state index in [2.05, 4.69) is 15.9 Å². The molecule has 0 radical (unpaired) electrons. The van der Waals surface area contributed by atoms with E-state index in [1.807, 2.05) is 45.0 Å². The number of likely N-dealkylation sites (tertiary alicyclic amines) is 1. The van der Waals surface area contributed by atoms with Crippen LogP contribution in [0.4, 0.5) is 4.79 Å². The quantitative estimate of drug-likeness (QED) is 0.780. The summed E-state index contributed by atoms with van der Waals surface area (Å²) in [4.78, 5) is 28.0. The van der Waals surface area contributed by atoms with E-state index < -0.39 is 5.60 Å². The van der Waals surface area contributed by atoms with E-state index in [4.69, 9.17) is 4.74 Å². The van der Waals surface area contributed by atoms with Gasteiger partial charge in [0.05, 0.1) is 0 Å². The summed E-state index contributed by atoms with van der Waals surface area (Å²) in [5.41, 5.74) is 0.187. The van der Waals surface area contributed by atoms with Crippen LogP contribution in [0.3, 0.4) is 0 Å². The van der Waals surface area contributed by atoms with Crippen LogP contribution in [0.1, 0.15) is 37.6 Å². The van der Waals surface area contributed by atoms with Crippen LogP contribution in [0.25, 0.3) is 0 Å². The number of ether oxygens (including phenoxy) is 1. The van der Waals surface area contributed by atoms with Crippen LogP contribution in [0.5, 0.6) is 0 Å². The van der Waals surface area contributed by atoms with Gasteiger partial charge in [-0.2, -0.15) is 0 Å². The summed E-state index contributed by atoms with van der Waals surface area (Å²) < 4.78 is 6.35. The molecule has 1 aliphatic heterocycles. The molecule has 1 aromatic carbocycles. The van der Waals surface area contributed by atoms with Crippen molar-refractivity contribution in [3.05, 3.63) is 34.3 Å². The van der Waals surface area contributed by atoms with E-state index in [0.717, 1.165) is 10.9 Å². The molecule has 0 spiro atoms. The molecule has 1 saturated heterocycles. The Morgan fingerprint density at radius 3 is 2.50 bits per heavy atom. The Kier molecular flexibility index (Phi) is 5.91. The first-order valence-corrected chi connectivity index (χ1v) is 8.94. The fraction of sp³-hybridized carbons (Fsp3) is 0.556. The third-order valence-corrected chi connectivity index (χ3v) is 4.44. The Morgan fingerprint density at radius 2 is 1.92 bits per heavy atom. The zero-order chi connectivity index (χ0) is 17.9. The highest BCUT2D eigenvalue weighted by Gasteiger charge is 2.31. The highest BCUT2D eigenvalue weighted by atomic mass is 79.9. The van der Waals surface area contributed by atoms with Crippen LogP contribution < -0.4 is 0 Å². The Morgan fingerprint density at radius 1 is 1.29 bits per heavy atom. The van der Waals surface area contributed by atoms with Crippen molar-refractivity contribution in [1.29, 1.82) is 0 Å². The van der Waals surface area contributed by atoms with Crippen molar-refractivity contribution in [2.75, 3.05) is 26.7 Å². The topological polar surface area (TPSA) is 49.9 Å². The molecular weight excluding hydrogens is 372 g/mol. The number of nitrogens with zero attached hydrogens (tertiary/aromatic N) is 2. The SMILES string of the molecule is CN(C[C@@H]1CCN(C(=O)OC(C)(C)C)C1)C(=O)c1ccc(Br)cc1. The number of carbonyl (C=O) groups excluding carboxylic acids is 2. The van der Waals surface area contributed by atoms with Gasteiger partial charge in [-0.1, -0.05) is 15.9 Å². The molecule has 6 heteroatoms. The summed E-state index contributed by atoms with van der Waals surface area (Å²) in [6.07, 6.45) is 0.615. The van der Waals surface area contributed by atoms with E-state index in [1.54, 1.807) is 16.8 Å². The van der Waals surface area contributed by atoms with Gasteiger partial charge in [0.25, 0.3) is 5.91 Å². The second kappa shape index (κ2) is 7.55. The lowest BCUT2D eigenvalue weighted by molar-refractivity contribution is 0.0286. The zero-order valence-electron chi connectivity index (χ0n) is 14.7. The standard InChI is InChI=1S/C18H25BrN2O3/c1-18(2,3)24-17(23)21-10-9-13(12-21)11-20(4)16(22)14-5-7-15(19)8-6-14/h5-8,13H,9-12H2,1-4H3/t13-/m0/s1. The fourth-order valence-corrected chi connectivity index (χ4v) is 3.02. The molecule has 0 saturated carbocycles. The lowest BCUT2D eigenvalue weighted by atomic mass is 10.1. The summed E-state index contributed by atoms with van der Waals surface area (Å²) in [6.45, 7) is 7.54. The van der Waals surface area contributed by atoms with E-state index in [-0.39, 0.29) is 17.9 Å². The molecule has 0 unspecified atom stereocenters. The lowest BCUT2D eigenvalue weighted by Gasteiger charge is -2.25. The van der Waals surface area contributed by atoms with Crippen molar-refractivity contribution in [3.8, 4) is 0 Å². The van der Waals surface area contributed by atoms with Crippen molar-refractivity contribution in [2.45, 2.75) is 32.8 Å². The van der Waals surface area contributed by atoms with Crippen molar-refractivity contribution in [3.63, 3.8) is 0 Å². The molecule has 0 bridgehead atoms. The molecule has 1 aliphatic rings. The van der Waals surface area contributed by atoms with Gasteiger partial charge in [-0.25, -0.2) is 4.79 Å². The van der Waals surface area contributed by atoms with Gasteiger partial charge in [0, 0.05) is 36.7 Å². The number of halogens is 1. The van der Waals surface area contributed by atoms with Crippen LogP contribution in [0.15, 0.2) is 28.7 Å². The number of carbonyl (C=O) groups is 2. The number of hydrogen-bond acceptors (Lipinski definition) is 3. The van der Waals surface area contributed by atoms with Gasteiger partial charge in [0.1, 0.15) is 5.60 Å². The molecule has 1 fully saturated rings. The van der Waals surface area contributed by atoms with Crippen LogP contribution in [0, 0.1) is 5.92 Å². The highest BCUT2D eigenvalue weighted by molar-refractivity contribution is 9.10. The number of hydrogen-bond donors (Lipinski definition) is 0. The molecule has 1 heterocycles. The predicted octanol–water partition coefficient (Wildman–Crippen LogP) is 3.78. The lowest BCUT2D eigenvalue weighted by Crippen LogP contribution is -2.37. The predicted molar refractivity (Wildman–Crippen MR) is 97.0 cm³/mol. The molecule has 1 aromatic rings. The monoisotopic (exact) mass is 396 g/mol. The minimum Gasteiger partial charge on any atom is -0.444 e. The third kappa shape index (κ3) is 5.23. The summed E-state index contributed by atoms with van der Waals surface area (Å²) >= 11 is 3.37. The van der Waals surface area contributed by atoms with E-state index in [9.17, 15) is 9.59 Å². The third-order valence-electron chi connectivity index (χ3n) is 3.91. The van der Waals surface area contributed by atoms with E-state index in [0.29, 0.717) is 25.2 Å². The maximum atomic E-state index is 12.5. The summed E-state index contributed by atoms with van der Waals surface area (Å²) in [7, 11) is 1.81. The molecule has 2 rings (SSSR count). The smallest absolute Gasteiger partial charge is 0.410 e. The Balaban J connectivity index is 1.87. The Bertz CT molecular complexity index is 595. The minimum absolute atomic E-state index is 0.00165. The van der Waals surface area contributed by atoms with Crippen molar-refractivity contribution < 1.29 is 14.3 Å². The zero-order valence-corrected chi connectivity index (χ0v) is 16.3. The van der Waals surface area contributed by atoms with Crippen LogP contribution in [0.2, 0.25) is 0 Å². The van der Waals surface area contributed by atoms with Gasteiger partial charge in [-0.3, -0.25) is 4.79 Å². The van der Waals surface area contributed by atoms with Gasteiger partial charge in [-0.15, -0.1) is 0 Å². The largest absolute Gasteiger partial charge is 0.444 e. The molecule has 0 N–H and O–H groups in total. The van der Waals surface area contributed by atoms with E-state index in [1.165, 1.54) is 0 Å². The molecule has 132 valence electrons. The van der Waals surface area contributed by atoms with Gasteiger partial charge in [0.15, 0.2) is 0 Å². The normalized spacial score (nSPS) is 17.7. The van der Waals surface area contributed by atoms with Gasteiger partial charge in [0.2, 0.25) is 0 Å². The average molecular weight is 397 g/mol. The first-order chi connectivity index (χ1) is 11.2. The van der Waals surface area contributed by atoms with Crippen LogP contribution in [-0.2, 0) is 4.74 Å². The number of benzene rings is 1. The summed E-state index contributed by atoms with van der Waals surface area (Å²) in [5, 5.41) is 0. The first kappa shape index (κ1) is 18.8. The highest BCUT2D eigenvalue weighted by Crippen LogP contribution is 2.21. The second-order valence-corrected chi connectivity index (χ2v) is 8.19. The number of amides is 2. The van der Waals surface area contributed by atoms with Crippen molar-refractivity contribution >= 4 is 27.9 Å². The van der Waals surface area contributed by atoms with Crippen molar-refractivity contribution in [1.82, 2.24) is 9.80 Å². The Hall–Kier alpha value is -1.56. The summed E-state index contributed by atoms with van der Waals surface area (Å²) in [6, 6.07) is 7.34. The molecule has 1 atom stereocenters. The molecule has 24 heavy (non-hydrogen) atoms. The Labute approximate surface area is 152 Å². The molecule has 0 aliphatic carbocycles. The van der Waals surface area contributed by atoms with Gasteiger partial charge < -0.3 is 14.5 Å². The van der Waals surface area contributed by atoms with E-state index >= 15 is 0 Å². The van der Waals surface area contributed by atoms with Crippen molar-refractivity contribution in [2.24, 2.45) is 5.92 Å². The fourth-order valence-electron chi connectivity index (χ4n) is 2.76. The van der Waals surface area contributed by atoms with Gasteiger partial charge >= 0.3 is 6.09 Å². The minimum atomic E-state index is -0.483. The number of rotatable bonds is 3. The molecule has 5 nitrogen and oxygen atoms in total. The molecule has 2 amide bonds. The maximum Gasteiger partial charge on any atom is 0.410 e. The summed E-state index contributed by atoms with van der Waals surface area (Å²) in [5.74, 6) is 0.278. The molecular formula is C18H25BrN2O3. The average Bonchev–Trinajstić information content (AvgIpc) is 2.94.